The fourth-order valence-electron chi connectivity index (χ4n) is 3.35. The van der Waals surface area contributed by atoms with E-state index in [2.05, 4.69) is 5.32 Å². The van der Waals surface area contributed by atoms with Gasteiger partial charge in [0.15, 0.2) is 12.7 Å². The Bertz CT molecular complexity index is 1010. The summed E-state index contributed by atoms with van der Waals surface area (Å²) in [6, 6.07) is 20.9. The lowest BCUT2D eigenvalue weighted by Gasteiger charge is -2.17. The van der Waals surface area contributed by atoms with Gasteiger partial charge >= 0.3 is 5.97 Å². The average Bonchev–Trinajstić information content (AvgIpc) is 2.76. The van der Waals surface area contributed by atoms with Gasteiger partial charge in [0.25, 0.3) is 5.91 Å². The van der Waals surface area contributed by atoms with Gasteiger partial charge in [0.05, 0.1) is 6.04 Å². The van der Waals surface area contributed by atoms with Gasteiger partial charge in [-0.1, -0.05) is 54.6 Å². The fourth-order valence-corrected chi connectivity index (χ4v) is 3.35. The van der Waals surface area contributed by atoms with Crippen molar-refractivity contribution in [2.24, 2.45) is 0 Å². The van der Waals surface area contributed by atoms with Gasteiger partial charge < -0.3 is 19.9 Å². The maximum absolute atomic E-state index is 12.3. The van der Waals surface area contributed by atoms with E-state index in [-0.39, 0.29) is 25.0 Å². The molecule has 0 radical (unpaired) electrons. The van der Waals surface area contributed by atoms with Gasteiger partial charge in [0.2, 0.25) is 0 Å². The first kappa shape index (κ1) is 21.3. The Morgan fingerprint density at radius 3 is 2.40 bits per heavy atom. The second kappa shape index (κ2) is 9.89. The lowest BCUT2D eigenvalue weighted by atomic mass is 10.00. The summed E-state index contributed by atoms with van der Waals surface area (Å²) in [5, 5.41) is 14.3. The molecule has 0 aliphatic carbocycles. The van der Waals surface area contributed by atoms with Gasteiger partial charge in [-0.3, -0.25) is 4.79 Å². The molecule has 0 bridgehead atoms. The third-order valence-corrected chi connectivity index (χ3v) is 4.94. The number of aliphatic carboxylic acids is 1. The van der Waals surface area contributed by atoms with E-state index in [1.165, 1.54) is 7.11 Å². The van der Waals surface area contributed by atoms with Crippen LogP contribution in [0.1, 0.15) is 24.1 Å². The number of methoxy groups -OCH3 is 1. The standard InChI is InChI=1S/C24H25NO5/c1-16(20-9-5-7-18-6-3-4-8-21(18)20)25-23(26)15-30-19-12-10-17(11-13-19)14-22(29-2)24(27)28/h3-13,16,22H,14-15H2,1-2H3,(H,25,26)(H,27,28)/t16-,22-/m0/s1. The predicted molar refractivity (Wildman–Crippen MR) is 115 cm³/mol. The van der Waals surface area contributed by atoms with E-state index in [4.69, 9.17) is 14.6 Å². The zero-order valence-corrected chi connectivity index (χ0v) is 17.0. The van der Waals surface area contributed by atoms with Gasteiger partial charge in [-0.05, 0) is 41.0 Å². The van der Waals surface area contributed by atoms with Gasteiger partial charge in [0, 0.05) is 13.5 Å². The van der Waals surface area contributed by atoms with Crippen molar-refractivity contribution in [3.63, 3.8) is 0 Å². The predicted octanol–water partition coefficient (Wildman–Crippen LogP) is 3.74. The molecule has 0 saturated heterocycles. The Hall–Kier alpha value is -3.38. The summed E-state index contributed by atoms with van der Waals surface area (Å²) >= 11 is 0. The third kappa shape index (κ3) is 5.36. The number of rotatable bonds is 9. The molecule has 3 aromatic carbocycles. The van der Waals surface area contributed by atoms with Crippen molar-refractivity contribution in [1.29, 1.82) is 0 Å². The van der Waals surface area contributed by atoms with Crippen molar-refractivity contribution in [1.82, 2.24) is 5.32 Å². The van der Waals surface area contributed by atoms with E-state index in [0.717, 1.165) is 21.9 Å². The third-order valence-electron chi connectivity index (χ3n) is 4.94. The molecule has 6 nitrogen and oxygen atoms in total. The second-order valence-corrected chi connectivity index (χ2v) is 7.06. The molecule has 3 rings (SSSR count). The minimum Gasteiger partial charge on any atom is -0.484 e. The van der Waals surface area contributed by atoms with Crippen molar-refractivity contribution >= 4 is 22.6 Å². The van der Waals surface area contributed by atoms with Crippen molar-refractivity contribution in [2.75, 3.05) is 13.7 Å². The molecule has 0 aromatic heterocycles. The highest BCUT2D eigenvalue weighted by molar-refractivity contribution is 5.87. The summed E-state index contributed by atoms with van der Waals surface area (Å²) in [6.07, 6.45) is -0.632. The second-order valence-electron chi connectivity index (χ2n) is 7.06. The molecule has 0 aliphatic heterocycles. The van der Waals surface area contributed by atoms with E-state index < -0.39 is 12.1 Å². The first-order valence-electron chi connectivity index (χ1n) is 9.72. The summed E-state index contributed by atoms with van der Waals surface area (Å²) in [5.41, 5.74) is 1.86. The normalized spacial score (nSPS) is 12.9. The first-order chi connectivity index (χ1) is 14.5. The first-order valence-corrected chi connectivity index (χ1v) is 9.72. The van der Waals surface area contributed by atoms with Crippen LogP contribution in [0.4, 0.5) is 0 Å². The zero-order chi connectivity index (χ0) is 21.5. The Morgan fingerprint density at radius 2 is 1.70 bits per heavy atom. The van der Waals surface area contributed by atoms with Crippen LogP contribution in [0.2, 0.25) is 0 Å². The molecule has 0 unspecified atom stereocenters. The average molecular weight is 407 g/mol. The van der Waals surface area contributed by atoms with Crippen molar-refractivity contribution < 1.29 is 24.2 Å². The molecular formula is C24H25NO5. The van der Waals surface area contributed by atoms with Crippen LogP contribution in [0.15, 0.2) is 66.7 Å². The minimum atomic E-state index is -1.00. The molecule has 0 aliphatic rings. The Labute approximate surface area is 175 Å². The number of fused-ring (bicyclic) bond motifs is 1. The summed E-state index contributed by atoms with van der Waals surface area (Å²) in [7, 11) is 1.37. The van der Waals surface area contributed by atoms with Gasteiger partial charge in [-0.15, -0.1) is 0 Å². The van der Waals surface area contributed by atoms with Gasteiger partial charge in [-0.25, -0.2) is 4.79 Å². The summed E-state index contributed by atoms with van der Waals surface area (Å²) in [4.78, 5) is 23.4. The maximum atomic E-state index is 12.3. The van der Waals surface area contributed by atoms with Crippen LogP contribution in [0.5, 0.6) is 5.75 Å². The Balaban J connectivity index is 1.54. The zero-order valence-electron chi connectivity index (χ0n) is 17.0. The molecule has 3 aromatic rings. The van der Waals surface area contributed by atoms with Crippen LogP contribution in [-0.4, -0.2) is 36.8 Å². The molecule has 6 heteroatoms. The highest BCUT2D eigenvalue weighted by atomic mass is 16.5. The highest BCUT2D eigenvalue weighted by Gasteiger charge is 2.17. The smallest absolute Gasteiger partial charge is 0.333 e. The number of carboxylic acids is 1. The SMILES string of the molecule is CO[C@@H](Cc1ccc(OCC(=O)N[C@@H](C)c2cccc3ccccc23)cc1)C(=O)O. The fraction of sp³-hybridized carbons (Fsp3) is 0.250. The molecule has 2 N–H and O–H groups in total. The minimum absolute atomic E-state index is 0.107. The molecule has 2 atom stereocenters. The number of carbonyl (C=O) groups excluding carboxylic acids is 1. The number of amides is 1. The molecule has 0 heterocycles. The monoisotopic (exact) mass is 407 g/mol. The van der Waals surface area contributed by atoms with E-state index in [1.54, 1.807) is 24.3 Å². The number of hydrogen-bond donors (Lipinski definition) is 2. The van der Waals surface area contributed by atoms with Crippen LogP contribution >= 0.6 is 0 Å². The summed E-state index contributed by atoms with van der Waals surface area (Å²) in [5.74, 6) is -0.685. The number of hydrogen-bond acceptors (Lipinski definition) is 4. The molecule has 0 saturated carbocycles. The maximum Gasteiger partial charge on any atom is 0.333 e. The molecule has 0 fully saturated rings. The van der Waals surface area contributed by atoms with E-state index in [0.29, 0.717) is 5.75 Å². The molecule has 0 spiro atoms. The van der Waals surface area contributed by atoms with E-state index in [1.807, 2.05) is 49.4 Å². The molecule has 30 heavy (non-hydrogen) atoms. The van der Waals surface area contributed by atoms with Gasteiger partial charge in [0.1, 0.15) is 5.75 Å². The topological polar surface area (TPSA) is 84.9 Å². The Morgan fingerprint density at radius 1 is 1.00 bits per heavy atom. The quantitative estimate of drug-likeness (QED) is 0.564. The highest BCUT2D eigenvalue weighted by Crippen LogP contribution is 2.24. The van der Waals surface area contributed by atoms with Crippen molar-refractivity contribution in [2.45, 2.75) is 25.5 Å². The van der Waals surface area contributed by atoms with Crippen LogP contribution in [0.25, 0.3) is 10.8 Å². The number of carboxylic acid groups (broad SMARTS) is 1. The largest absolute Gasteiger partial charge is 0.484 e. The van der Waals surface area contributed by atoms with E-state index in [9.17, 15) is 9.59 Å². The van der Waals surface area contributed by atoms with Crippen LogP contribution in [-0.2, 0) is 20.7 Å². The van der Waals surface area contributed by atoms with E-state index >= 15 is 0 Å². The summed E-state index contributed by atoms with van der Waals surface area (Å²) < 4.78 is 10.5. The summed E-state index contributed by atoms with van der Waals surface area (Å²) in [6.45, 7) is 1.84. The number of benzene rings is 3. The lowest BCUT2D eigenvalue weighted by Crippen LogP contribution is -2.31. The molecular weight excluding hydrogens is 382 g/mol. The number of carbonyl (C=O) groups is 2. The molecule has 1 amide bonds. The van der Waals surface area contributed by atoms with Crippen molar-refractivity contribution in [3.8, 4) is 5.75 Å². The Kier molecular flexibility index (Phi) is 7.03. The van der Waals surface area contributed by atoms with Crippen LogP contribution in [0, 0.1) is 0 Å². The van der Waals surface area contributed by atoms with Gasteiger partial charge in [-0.2, -0.15) is 0 Å². The molecule has 156 valence electrons. The van der Waals surface area contributed by atoms with Crippen molar-refractivity contribution in [3.05, 3.63) is 77.9 Å². The number of nitrogens with one attached hydrogen (secondary N) is 1. The lowest BCUT2D eigenvalue weighted by molar-refractivity contribution is -0.148. The number of ether oxygens (including phenoxy) is 2. The van der Waals surface area contributed by atoms with Crippen LogP contribution < -0.4 is 10.1 Å². The van der Waals surface area contributed by atoms with Crippen LogP contribution in [0.3, 0.4) is 0 Å².